The average Bonchev–Trinajstić information content (AvgIpc) is 2.56. The van der Waals surface area contributed by atoms with Crippen molar-refractivity contribution in [2.75, 3.05) is 18.4 Å². The summed E-state index contributed by atoms with van der Waals surface area (Å²) in [5.41, 5.74) is 4.62. The summed E-state index contributed by atoms with van der Waals surface area (Å²) < 4.78 is 5.48. The molecule has 0 bridgehead atoms. The number of hydrogen-bond donors (Lipinski definition) is 1. The SMILES string of the molecule is CCC(C)=Cc1ccc(C)cc1NC1CCN(C(=O)OC(C)(C)C)CC1. The van der Waals surface area contributed by atoms with Gasteiger partial charge in [-0.3, -0.25) is 0 Å². The fourth-order valence-electron chi connectivity index (χ4n) is 3.04. The molecule has 2 rings (SSSR count). The molecule has 0 atom stereocenters. The summed E-state index contributed by atoms with van der Waals surface area (Å²) in [6.07, 6.45) is 4.99. The molecule has 26 heavy (non-hydrogen) atoms. The molecule has 1 aromatic rings. The van der Waals surface area contributed by atoms with Gasteiger partial charge in [0.15, 0.2) is 0 Å². The van der Waals surface area contributed by atoms with Crippen LogP contribution in [-0.4, -0.2) is 35.7 Å². The molecule has 0 saturated carbocycles. The van der Waals surface area contributed by atoms with Gasteiger partial charge in [0.2, 0.25) is 0 Å². The number of likely N-dealkylation sites (tertiary alicyclic amines) is 1. The van der Waals surface area contributed by atoms with Crippen LogP contribution in [0.25, 0.3) is 6.08 Å². The minimum absolute atomic E-state index is 0.200. The largest absolute Gasteiger partial charge is 0.444 e. The number of allylic oxidation sites excluding steroid dienone is 1. The van der Waals surface area contributed by atoms with Gasteiger partial charge in [-0.05, 0) is 71.1 Å². The van der Waals surface area contributed by atoms with Gasteiger partial charge in [-0.2, -0.15) is 0 Å². The van der Waals surface area contributed by atoms with Crippen molar-refractivity contribution in [1.82, 2.24) is 4.90 Å². The number of piperidine rings is 1. The number of hydrogen-bond acceptors (Lipinski definition) is 3. The fourth-order valence-corrected chi connectivity index (χ4v) is 3.04. The average molecular weight is 359 g/mol. The lowest BCUT2D eigenvalue weighted by Gasteiger charge is -2.34. The highest BCUT2D eigenvalue weighted by Crippen LogP contribution is 2.25. The first-order valence-corrected chi connectivity index (χ1v) is 9.70. The molecule has 0 aliphatic carbocycles. The molecule has 0 aromatic heterocycles. The van der Waals surface area contributed by atoms with E-state index in [4.69, 9.17) is 4.74 Å². The molecule has 1 aliphatic heterocycles. The van der Waals surface area contributed by atoms with Crippen molar-refractivity contribution in [3.8, 4) is 0 Å². The molecule has 1 aromatic carbocycles. The summed E-state index contributed by atoms with van der Waals surface area (Å²) >= 11 is 0. The molecule has 1 heterocycles. The molecule has 144 valence electrons. The molecule has 4 nitrogen and oxygen atoms in total. The predicted molar refractivity (Wildman–Crippen MR) is 110 cm³/mol. The van der Waals surface area contributed by atoms with Crippen LogP contribution in [0.15, 0.2) is 23.8 Å². The third-order valence-corrected chi connectivity index (χ3v) is 4.67. The Morgan fingerprint density at radius 1 is 1.31 bits per heavy atom. The van der Waals surface area contributed by atoms with Crippen molar-refractivity contribution in [3.63, 3.8) is 0 Å². The van der Waals surface area contributed by atoms with Gasteiger partial charge in [-0.15, -0.1) is 0 Å². The maximum Gasteiger partial charge on any atom is 0.410 e. The summed E-state index contributed by atoms with van der Waals surface area (Å²) in [5.74, 6) is 0. The van der Waals surface area contributed by atoms with Crippen LogP contribution in [0.4, 0.5) is 10.5 Å². The fraction of sp³-hybridized carbons (Fsp3) is 0.591. The zero-order valence-corrected chi connectivity index (χ0v) is 17.2. The van der Waals surface area contributed by atoms with E-state index in [0.29, 0.717) is 6.04 Å². The molecule has 1 amide bonds. The van der Waals surface area contributed by atoms with Gasteiger partial charge in [-0.1, -0.05) is 30.7 Å². The van der Waals surface area contributed by atoms with Gasteiger partial charge < -0.3 is 15.0 Å². The predicted octanol–water partition coefficient (Wildman–Crippen LogP) is 5.62. The second kappa shape index (κ2) is 8.61. The van der Waals surface area contributed by atoms with Crippen LogP contribution in [0, 0.1) is 6.92 Å². The number of carbonyl (C=O) groups excluding carboxylic acids is 1. The zero-order valence-electron chi connectivity index (χ0n) is 17.2. The van der Waals surface area contributed by atoms with Gasteiger partial charge in [0, 0.05) is 24.8 Å². The van der Waals surface area contributed by atoms with Crippen molar-refractivity contribution in [2.24, 2.45) is 0 Å². The van der Waals surface area contributed by atoms with E-state index in [2.05, 4.69) is 50.4 Å². The van der Waals surface area contributed by atoms with Crippen molar-refractivity contribution in [3.05, 3.63) is 34.9 Å². The number of nitrogens with one attached hydrogen (secondary N) is 1. The molecule has 0 spiro atoms. The Balaban J connectivity index is 1.99. The summed E-state index contributed by atoms with van der Waals surface area (Å²) in [7, 11) is 0. The lowest BCUT2D eigenvalue weighted by Crippen LogP contribution is -2.44. The van der Waals surface area contributed by atoms with Crippen LogP contribution in [0.1, 0.15) is 65.0 Å². The number of nitrogens with zero attached hydrogens (tertiary/aromatic N) is 1. The Labute approximate surface area is 158 Å². The van der Waals surface area contributed by atoms with E-state index in [1.807, 2.05) is 25.7 Å². The van der Waals surface area contributed by atoms with Crippen LogP contribution in [0.2, 0.25) is 0 Å². The lowest BCUT2D eigenvalue weighted by atomic mass is 10.0. The van der Waals surface area contributed by atoms with Crippen LogP contribution in [-0.2, 0) is 4.74 Å². The van der Waals surface area contributed by atoms with Crippen molar-refractivity contribution in [2.45, 2.75) is 72.4 Å². The van der Waals surface area contributed by atoms with Gasteiger partial charge in [0.1, 0.15) is 5.60 Å². The molecule has 1 N–H and O–H groups in total. The third kappa shape index (κ3) is 6.08. The Morgan fingerprint density at radius 2 is 1.96 bits per heavy atom. The lowest BCUT2D eigenvalue weighted by molar-refractivity contribution is 0.0210. The van der Waals surface area contributed by atoms with Crippen molar-refractivity contribution < 1.29 is 9.53 Å². The number of amides is 1. The zero-order chi connectivity index (χ0) is 19.3. The van der Waals surface area contributed by atoms with E-state index in [0.717, 1.165) is 32.4 Å². The quantitative estimate of drug-likeness (QED) is 0.759. The summed E-state index contributed by atoms with van der Waals surface area (Å²) in [4.78, 5) is 14.0. The molecule has 4 heteroatoms. The summed E-state index contributed by atoms with van der Waals surface area (Å²) in [6, 6.07) is 6.94. The van der Waals surface area contributed by atoms with Gasteiger partial charge in [0.05, 0.1) is 0 Å². The third-order valence-electron chi connectivity index (χ3n) is 4.67. The Bertz CT molecular complexity index is 651. The number of aryl methyl sites for hydroxylation is 1. The second-order valence-corrected chi connectivity index (χ2v) is 8.32. The monoisotopic (exact) mass is 358 g/mol. The van der Waals surface area contributed by atoms with Crippen LogP contribution in [0.5, 0.6) is 0 Å². The highest BCUT2D eigenvalue weighted by atomic mass is 16.6. The van der Waals surface area contributed by atoms with Crippen LogP contribution < -0.4 is 5.32 Å². The normalized spacial score (nSPS) is 16.5. The van der Waals surface area contributed by atoms with E-state index >= 15 is 0 Å². The number of anilines is 1. The molecule has 1 fully saturated rings. The van der Waals surface area contributed by atoms with E-state index in [9.17, 15) is 4.79 Å². The van der Waals surface area contributed by atoms with E-state index in [-0.39, 0.29) is 6.09 Å². The highest BCUT2D eigenvalue weighted by Gasteiger charge is 2.27. The molecule has 0 unspecified atom stereocenters. The minimum atomic E-state index is -0.438. The standard InChI is InChI=1S/C22H34N2O2/c1-7-16(2)14-18-9-8-17(3)15-20(18)23-19-10-12-24(13-11-19)21(25)26-22(4,5)6/h8-9,14-15,19,23H,7,10-13H2,1-6H3. The smallest absolute Gasteiger partial charge is 0.410 e. The first kappa shape index (κ1) is 20.3. The highest BCUT2D eigenvalue weighted by molar-refractivity contribution is 5.70. The minimum Gasteiger partial charge on any atom is -0.444 e. The maximum atomic E-state index is 12.2. The van der Waals surface area contributed by atoms with Crippen molar-refractivity contribution >= 4 is 17.9 Å². The topological polar surface area (TPSA) is 41.6 Å². The van der Waals surface area contributed by atoms with Crippen LogP contribution in [0.3, 0.4) is 0 Å². The van der Waals surface area contributed by atoms with E-state index in [1.165, 1.54) is 22.4 Å². The molecule has 1 aliphatic rings. The van der Waals surface area contributed by atoms with Gasteiger partial charge in [0.25, 0.3) is 0 Å². The van der Waals surface area contributed by atoms with E-state index in [1.54, 1.807) is 0 Å². The Hall–Kier alpha value is -1.97. The Kier molecular flexibility index (Phi) is 6.74. The van der Waals surface area contributed by atoms with Gasteiger partial charge in [-0.25, -0.2) is 4.79 Å². The first-order valence-electron chi connectivity index (χ1n) is 9.70. The van der Waals surface area contributed by atoms with Crippen molar-refractivity contribution in [1.29, 1.82) is 0 Å². The summed E-state index contributed by atoms with van der Waals surface area (Å²) in [5, 5.41) is 3.70. The van der Waals surface area contributed by atoms with E-state index < -0.39 is 5.60 Å². The molecule has 0 radical (unpaired) electrons. The molecular weight excluding hydrogens is 324 g/mol. The number of rotatable bonds is 4. The second-order valence-electron chi connectivity index (χ2n) is 8.32. The first-order chi connectivity index (χ1) is 12.2. The summed E-state index contributed by atoms with van der Waals surface area (Å²) in [6.45, 7) is 13.7. The number of carbonyl (C=O) groups is 1. The Morgan fingerprint density at radius 3 is 2.54 bits per heavy atom. The van der Waals surface area contributed by atoms with Crippen LogP contribution >= 0.6 is 0 Å². The number of ether oxygens (including phenoxy) is 1. The number of benzene rings is 1. The molecular formula is C22H34N2O2. The van der Waals surface area contributed by atoms with Gasteiger partial charge >= 0.3 is 6.09 Å². The maximum absolute atomic E-state index is 12.2. The molecule has 1 saturated heterocycles.